The molecule has 4 N–H and O–H groups in total. The van der Waals surface area contributed by atoms with Crippen LogP contribution in [0.5, 0.6) is 0 Å². The Morgan fingerprint density at radius 3 is 2.88 bits per heavy atom. The van der Waals surface area contributed by atoms with E-state index in [0.717, 1.165) is 6.54 Å². The van der Waals surface area contributed by atoms with Gasteiger partial charge in [0, 0.05) is 29.3 Å². The molecule has 1 unspecified atom stereocenters. The van der Waals surface area contributed by atoms with E-state index in [9.17, 15) is 0 Å². The normalized spacial score (nSPS) is 14.9. The Morgan fingerprint density at radius 1 is 1.65 bits per heavy atom. The van der Waals surface area contributed by atoms with Gasteiger partial charge in [0.25, 0.3) is 0 Å². The van der Waals surface area contributed by atoms with Crippen LogP contribution in [0, 0.1) is 5.92 Å². The standard InChI is InChI=1S/C12H21N3OS/c1-9(11(13)15-16)7-14-8-12(2,3)10-5-4-6-17-10/h4-6,9,14,16H,7-8H2,1-3H3,(H2,13,15). The highest BCUT2D eigenvalue weighted by atomic mass is 32.1. The third-order valence-electron chi connectivity index (χ3n) is 2.83. The molecule has 0 amide bonds. The highest BCUT2D eigenvalue weighted by molar-refractivity contribution is 7.10. The van der Waals surface area contributed by atoms with Crippen LogP contribution in [0.4, 0.5) is 0 Å². The molecule has 0 aliphatic rings. The van der Waals surface area contributed by atoms with Gasteiger partial charge < -0.3 is 16.3 Å². The average Bonchev–Trinajstić information content (AvgIpc) is 2.81. The number of rotatable bonds is 6. The van der Waals surface area contributed by atoms with Crippen molar-refractivity contribution in [3.05, 3.63) is 22.4 Å². The summed E-state index contributed by atoms with van der Waals surface area (Å²) in [6.45, 7) is 7.93. The lowest BCUT2D eigenvalue weighted by molar-refractivity contribution is 0.313. The van der Waals surface area contributed by atoms with Crippen LogP contribution in [-0.4, -0.2) is 24.1 Å². The van der Waals surface area contributed by atoms with Crippen molar-refractivity contribution < 1.29 is 5.21 Å². The van der Waals surface area contributed by atoms with Crippen LogP contribution in [0.2, 0.25) is 0 Å². The van der Waals surface area contributed by atoms with Gasteiger partial charge in [0.05, 0.1) is 0 Å². The largest absolute Gasteiger partial charge is 0.409 e. The summed E-state index contributed by atoms with van der Waals surface area (Å²) in [6.07, 6.45) is 0. The summed E-state index contributed by atoms with van der Waals surface area (Å²) in [6, 6.07) is 4.22. The molecule has 0 radical (unpaired) electrons. The molecule has 0 saturated carbocycles. The van der Waals surface area contributed by atoms with Crippen molar-refractivity contribution in [2.75, 3.05) is 13.1 Å². The number of nitrogens with one attached hydrogen (secondary N) is 1. The second-order valence-corrected chi connectivity index (χ2v) is 5.87. The molecule has 5 heteroatoms. The summed E-state index contributed by atoms with van der Waals surface area (Å²) in [5.74, 6) is 0.311. The molecule has 0 saturated heterocycles. The third-order valence-corrected chi connectivity index (χ3v) is 4.06. The fourth-order valence-corrected chi connectivity index (χ4v) is 2.41. The van der Waals surface area contributed by atoms with Gasteiger partial charge in [0.1, 0.15) is 5.84 Å². The summed E-state index contributed by atoms with van der Waals surface area (Å²) in [7, 11) is 0. The number of hydrogen-bond donors (Lipinski definition) is 3. The second kappa shape index (κ2) is 6.02. The van der Waals surface area contributed by atoms with Crippen LogP contribution in [0.25, 0.3) is 0 Å². The lowest BCUT2D eigenvalue weighted by Crippen LogP contribution is -2.37. The Kier molecular flexibility index (Phi) is 4.96. The monoisotopic (exact) mass is 255 g/mol. The van der Waals surface area contributed by atoms with Crippen LogP contribution in [-0.2, 0) is 5.41 Å². The van der Waals surface area contributed by atoms with Crippen molar-refractivity contribution in [3.63, 3.8) is 0 Å². The molecule has 1 heterocycles. The zero-order valence-corrected chi connectivity index (χ0v) is 11.4. The zero-order chi connectivity index (χ0) is 12.9. The first-order chi connectivity index (χ1) is 7.97. The molecule has 96 valence electrons. The van der Waals surface area contributed by atoms with Gasteiger partial charge in [-0.2, -0.15) is 0 Å². The summed E-state index contributed by atoms with van der Waals surface area (Å²) in [5, 5.41) is 17.0. The molecule has 0 aliphatic carbocycles. The Morgan fingerprint density at radius 2 is 2.35 bits per heavy atom. The van der Waals surface area contributed by atoms with Crippen LogP contribution < -0.4 is 11.1 Å². The first-order valence-electron chi connectivity index (χ1n) is 5.69. The van der Waals surface area contributed by atoms with Gasteiger partial charge in [-0.05, 0) is 11.4 Å². The van der Waals surface area contributed by atoms with E-state index in [-0.39, 0.29) is 17.2 Å². The predicted molar refractivity (Wildman–Crippen MR) is 72.8 cm³/mol. The van der Waals surface area contributed by atoms with E-state index in [1.54, 1.807) is 11.3 Å². The van der Waals surface area contributed by atoms with E-state index in [0.29, 0.717) is 6.54 Å². The Hall–Kier alpha value is -1.07. The number of thiophene rings is 1. The molecule has 0 aromatic carbocycles. The first kappa shape index (κ1) is 14.0. The minimum absolute atomic E-state index is 0.0409. The maximum absolute atomic E-state index is 8.55. The van der Waals surface area contributed by atoms with E-state index in [2.05, 4.69) is 41.8 Å². The molecule has 4 nitrogen and oxygen atoms in total. The fourth-order valence-electron chi connectivity index (χ4n) is 1.56. The van der Waals surface area contributed by atoms with Crippen molar-refractivity contribution >= 4 is 17.2 Å². The SMILES string of the molecule is CC(CNCC(C)(C)c1cccs1)/C(N)=N/O. The lowest BCUT2D eigenvalue weighted by atomic mass is 9.91. The Bertz CT molecular complexity index is 360. The molecule has 1 aromatic rings. The van der Waals surface area contributed by atoms with Gasteiger partial charge >= 0.3 is 0 Å². The van der Waals surface area contributed by atoms with Crippen molar-refractivity contribution in [3.8, 4) is 0 Å². The molecule has 0 bridgehead atoms. The molecular formula is C12H21N3OS. The minimum atomic E-state index is 0.0409. The number of amidine groups is 1. The minimum Gasteiger partial charge on any atom is -0.409 e. The highest BCUT2D eigenvalue weighted by Gasteiger charge is 2.21. The smallest absolute Gasteiger partial charge is 0.143 e. The van der Waals surface area contributed by atoms with Crippen molar-refractivity contribution in [2.45, 2.75) is 26.2 Å². The number of hydrogen-bond acceptors (Lipinski definition) is 4. The molecule has 0 aliphatic heterocycles. The average molecular weight is 255 g/mol. The van der Waals surface area contributed by atoms with E-state index < -0.39 is 0 Å². The van der Waals surface area contributed by atoms with E-state index in [4.69, 9.17) is 10.9 Å². The van der Waals surface area contributed by atoms with E-state index in [1.807, 2.05) is 6.92 Å². The van der Waals surface area contributed by atoms with E-state index in [1.165, 1.54) is 4.88 Å². The van der Waals surface area contributed by atoms with Crippen LogP contribution >= 0.6 is 11.3 Å². The molecular weight excluding hydrogens is 234 g/mol. The fraction of sp³-hybridized carbons (Fsp3) is 0.583. The summed E-state index contributed by atoms with van der Waals surface area (Å²) in [5.41, 5.74) is 5.63. The van der Waals surface area contributed by atoms with Crippen molar-refractivity contribution in [2.24, 2.45) is 16.8 Å². The maximum Gasteiger partial charge on any atom is 0.143 e. The summed E-state index contributed by atoms with van der Waals surface area (Å²) in [4.78, 5) is 1.36. The second-order valence-electron chi connectivity index (χ2n) is 4.92. The molecule has 1 aromatic heterocycles. The van der Waals surface area contributed by atoms with Gasteiger partial charge in [-0.15, -0.1) is 11.3 Å². The Balaban J connectivity index is 2.41. The van der Waals surface area contributed by atoms with Gasteiger partial charge in [-0.1, -0.05) is 32.0 Å². The lowest BCUT2D eigenvalue weighted by Gasteiger charge is -2.24. The van der Waals surface area contributed by atoms with Gasteiger partial charge in [-0.25, -0.2) is 0 Å². The Labute approximate surface area is 107 Å². The zero-order valence-electron chi connectivity index (χ0n) is 10.6. The summed E-state index contributed by atoms with van der Waals surface area (Å²) < 4.78 is 0. The predicted octanol–water partition coefficient (Wildman–Crippen LogP) is 2.00. The van der Waals surface area contributed by atoms with Crippen molar-refractivity contribution in [1.82, 2.24) is 5.32 Å². The van der Waals surface area contributed by atoms with Gasteiger partial charge in [-0.3, -0.25) is 0 Å². The molecule has 1 rings (SSSR count). The summed E-state index contributed by atoms with van der Waals surface area (Å²) >= 11 is 1.77. The molecule has 0 fully saturated rings. The highest BCUT2D eigenvalue weighted by Crippen LogP contribution is 2.26. The number of nitrogens with two attached hydrogens (primary N) is 1. The molecule has 1 atom stereocenters. The first-order valence-corrected chi connectivity index (χ1v) is 6.57. The molecule has 17 heavy (non-hydrogen) atoms. The number of nitrogens with zero attached hydrogens (tertiary/aromatic N) is 1. The van der Waals surface area contributed by atoms with Crippen LogP contribution in [0.15, 0.2) is 22.7 Å². The van der Waals surface area contributed by atoms with E-state index >= 15 is 0 Å². The quantitative estimate of drug-likeness (QED) is 0.315. The van der Waals surface area contributed by atoms with Crippen LogP contribution in [0.3, 0.4) is 0 Å². The third kappa shape index (κ3) is 4.02. The van der Waals surface area contributed by atoms with Gasteiger partial charge in [0.15, 0.2) is 0 Å². The topological polar surface area (TPSA) is 70.6 Å². The van der Waals surface area contributed by atoms with Crippen molar-refractivity contribution in [1.29, 1.82) is 0 Å². The molecule has 0 spiro atoms. The number of oxime groups is 1. The van der Waals surface area contributed by atoms with Crippen LogP contribution in [0.1, 0.15) is 25.6 Å². The maximum atomic E-state index is 8.55. The van der Waals surface area contributed by atoms with Gasteiger partial charge in [0.2, 0.25) is 0 Å².